The van der Waals surface area contributed by atoms with Crippen LogP contribution >= 0.6 is 0 Å². The standard InChI is InChI=1S/C20H14FN7/c21-15-8-2-1-6-13(15)12-28-20-14(7-5-11-23-20)17(27-28)19-24-18(25-26-19)16-9-3-4-10-22-16/h1-11H,12H2,(H,24,25,26). The van der Waals surface area contributed by atoms with Crippen molar-refractivity contribution in [3.63, 3.8) is 0 Å². The van der Waals surface area contributed by atoms with Gasteiger partial charge in [-0.15, -0.1) is 0 Å². The first-order chi connectivity index (χ1) is 13.8. The van der Waals surface area contributed by atoms with E-state index in [1.807, 2.05) is 30.3 Å². The molecule has 5 aromatic rings. The first-order valence-electron chi connectivity index (χ1n) is 8.69. The molecule has 4 heterocycles. The van der Waals surface area contributed by atoms with Crippen molar-refractivity contribution in [2.45, 2.75) is 6.54 Å². The van der Waals surface area contributed by atoms with Crippen LogP contribution in [0.2, 0.25) is 0 Å². The number of fused-ring (bicyclic) bond motifs is 1. The number of aromatic nitrogens is 7. The number of benzene rings is 1. The Morgan fingerprint density at radius 2 is 1.79 bits per heavy atom. The van der Waals surface area contributed by atoms with Crippen molar-refractivity contribution in [1.82, 2.24) is 34.9 Å². The Morgan fingerprint density at radius 1 is 0.929 bits per heavy atom. The maximum Gasteiger partial charge on any atom is 0.200 e. The molecule has 0 aliphatic heterocycles. The molecule has 0 radical (unpaired) electrons. The van der Waals surface area contributed by atoms with E-state index < -0.39 is 0 Å². The second-order valence-electron chi connectivity index (χ2n) is 6.19. The van der Waals surface area contributed by atoms with Gasteiger partial charge in [0, 0.05) is 18.0 Å². The minimum Gasteiger partial charge on any atom is -0.257 e. The molecular formula is C20H14FN7. The molecule has 0 aliphatic rings. The summed E-state index contributed by atoms with van der Waals surface area (Å²) < 4.78 is 15.8. The van der Waals surface area contributed by atoms with Crippen molar-refractivity contribution in [3.8, 4) is 23.0 Å². The molecule has 0 fully saturated rings. The highest BCUT2D eigenvalue weighted by molar-refractivity contribution is 5.89. The molecule has 0 bridgehead atoms. The third-order valence-electron chi connectivity index (χ3n) is 4.39. The zero-order valence-electron chi connectivity index (χ0n) is 14.6. The maximum atomic E-state index is 14.1. The van der Waals surface area contributed by atoms with Gasteiger partial charge in [-0.1, -0.05) is 24.3 Å². The van der Waals surface area contributed by atoms with Crippen LogP contribution < -0.4 is 0 Å². The van der Waals surface area contributed by atoms with Crippen LogP contribution in [0.5, 0.6) is 0 Å². The van der Waals surface area contributed by atoms with E-state index in [0.717, 1.165) is 5.39 Å². The molecule has 0 aliphatic carbocycles. The summed E-state index contributed by atoms with van der Waals surface area (Å²) >= 11 is 0. The smallest absolute Gasteiger partial charge is 0.200 e. The van der Waals surface area contributed by atoms with Gasteiger partial charge in [0.25, 0.3) is 0 Å². The maximum absolute atomic E-state index is 14.1. The third kappa shape index (κ3) is 2.81. The Labute approximate surface area is 158 Å². The molecule has 0 atom stereocenters. The molecule has 8 heteroatoms. The monoisotopic (exact) mass is 371 g/mol. The summed E-state index contributed by atoms with van der Waals surface area (Å²) in [4.78, 5) is 13.2. The minimum atomic E-state index is -0.277. The second-order valence-corrected chi connectivity index (χ2v) is 6.19. The highest BCUT2D eigenvalue weighted by Gasteiger charge is 2.18. The van der Waals surface area contributed by atoms with E-state index in [1.165, 1.54) is 6.07 Å². The van der Waals surface area contributed by atoms with Crippen molar-refractivity contribution in [2.24, 2.45) is 0 Å². The summed E-state index contributed by atoms with van der Waals surface area (Å²) in [7, 11) is 0. The van der Waals surface area contributed by atoms with Gasteiger partial charge in [-0.2, -0.15) is 10.2 Å². The Morgan fingerprint density at radius 3 is 2.64 bits per heavy atom. The van der Waals surface area contributed by atoms with Crippen molar-refractivity contribution in [3.05, 3.63) is 78.4 Å². The number of nitrogens with one attached hydrogen (secondary N) is 1. The fourth-order valence-corrected chi connectivity index (χ4v) is 3.06. The molecule has 0 amide bonds. The number of H-pyrrole nitrogens is 1. The van der Waals surface area contributed by atoms with Crippen LogP contribution in [0.15, 0.2) is 67.0 Å². The molecule has 7 nitrogen and oxygen atoms in total. The van der Waals surface area contributed by atoms with E-state index in [2.05, 4.69) is 30.2 Å². The van der Waals surface area contributed by atoms with Crippen LogP contribution in [0.4, 0.5) is 4.39 Å². The van der Waals surface area contributed by atoms with Crippen LogP contribution in [0.3, 0.4) is 0 Å². The largest absolute Gasteiger partial charge is 0.257 e. The van der Waals surface area contributed by atoms with Gasteiger partial charge in [0.2, 0.25) is 0 Å². The Bertz CT molecular complexity index is 1260. The average Bonchev–Trinajstić information content (AvgIpc) is 3.36. The van der Waals surface area contributed by atoms with Crippen LogP contribution in [-0.4, -0.2) is 34.9 Å². The average molecular weight is 371 g/mol. The minimum absolute atomic E-state index is 0.265. The SMILES string of the molecule is Fc1ccccc1Cn1nc(-c2nc(-c3ccccn3)n[nH]2)c2cccnc21. The van der Waals surface area contributed by atoms with E-state index >= 15 is 0 Å². The Hall–Kier alpha value is -3.94. The number of hydrogen-bond acceptors (Lipinski definition) is 5. The van der Waals surface area contributed by atoms with Crippen molar-refractivity contribution < 1.29 is 4.39 Å². The number of hydrogen-bond donors (Lipinski definition) is 1. The lowest BCUT2D eigenvalue weighted by molar-refractivity contribution is 0.589. The molecule has 4 aromatic heterocycles. The van der Waals surface area contributed by atoms with Gasteiger partial charge in [0.05, 0.1) is 11.9 Å². The van der Waals surface area contributed by atoms with Gasteiger partial charge in [-0.25, -0.2) is 19.0 Å². The number of rotatable bonds is 4. The van der Waals surface area contributed by atoms with E-state index in [1.54, 1.807) is 35.3 Å². The van der Waals surface area contributed by atoms with E-state index in [9.17, 15) is 4.39 Å². The lowest BCUT2D eigenvalue weighted by Crippen LogP contribution is -2.04. The van der Waals surface area contributed by atoms with Crippen molar-refractivity contribution in [2.75, 3.05) is 0 Å². The highest BCUT2D eigenvalue weighted by atomic mass is 19.1. The third-order valence-corrected chi connectivity index (χ3v) is 4.39. The summed E-state index contributed by atoms with van der Waals surface area (Å²) in [6.45, 7) is 0.265. The lowest BCUT2D eigenvalue weighted by Gasteiger charge is -2.04. The first kappa shape index (κ1) is 16.2. The van der Waals surface area contributed by atoms with Crippen LogP contribution in [0.1, 0.15) is 5.56 Å². The summed E-state index contributed by atoms with van der Waals surface area (Å²) in [6, 6.07) is 15.9. The predicted octanol–water partition coefficient (Wildman–Crippen LogP) is 3.47. The van der Waals surface area contributed by atoms with Gasteiger partial charge in [0.1, 0.15) is 17.2 Å². The van der Waals surface area contributed by atoms with Gasteiger partial charge in [0.15, 0.2) is 17.3 Å². The van der Waals surface area contributed by atoms with Gasteiger partial charge < -0.3 is 0 Å². The van der Waals surface area contributed by atoms with E-state index in [4.69, 9.17) is 0 Å². The summed E-state index contributed by atoms with van der Waals surface area (Å²) in [6.07, 6.45) is 3.37. The van der Waals surface area contributed by atoms with Gasteiger partial charge >= 0.3 is 0 Å². The molecule has 28 heavy (non-hydrogen) atoms. The van der Waals surface area contributed by atoms with Crippen molar-refractivity contribution in [1.29, 1.82) is 0 Å². The molecule has 5 rings (SSSR count). The molecule has 0 saturated carbocycles. The number of nitrogens with zero attached hydrogens (tertiary/aromatic N) is 6. The zero-order valence-corrected chi connectivity index (χ0v) is 14.6. The predicted molar refractivity (Wildman–Crippen MR) is 102 cm³/mol. The molecule has 1 aromatic carbocycles. The first-order valence-corrected chi connectivity index (χ1v) is 8.69. The fraction of sp³-hybridized carbons (Fsp3) is 0.0500. The molecule has 136 valence electrons. The molecule has 0 saturated heterocycles. The fourth-order valence-electron chi connectivity index (χ4n) is 3.06. The Balaban J connectivity index is 1.59. The van der Waals surface area contributed by atoms with Crippen LogP contribution in [0.25, 0.3) is 34.1 Å². The van der Waals surface area contributed by atoms with E-state index in [0.29, 0.717) is 34.2 Å². The van der Waals surface area contributed by atoms with Gasteiger partial charge in [-0.3, -0.25) is 10.1 Å². The van der Waals surface area contributed by atoms with Crippen molar-refractivity contribution >= 4 is 11.0 Å². The van der Waals surface area contributed by atoms with Crippen LogP contribution in [-0.2, 0) is 6.54 Å². The molecule has 0 spiro atoms. The molecular weight excluding hydrogens is 357 g/mol. The van der Waals surface area contributed by atoms with Crippen LogP contribution in [0, 0.1) is 5.82 Å². The van der Waals surface area contributed by atoms with Gasteiger partial charge in [-0.05, 0) is 30.3 Å². The zero-order chi connectivity index (χ0) is 18.9. The Kier molecular flexibility index (Phi) is 3.86. The summed E-state index contributed by atoms with van der Waals surface area (Å²) in [5.74, 6) is 0.711. The highest BCUT2D eigenvalue weighted by Crippen LogP contribution is 2.26. The molecule has 0 unspecified atom stereocenters. The summed E-state index contributed by atoms with van der Waals surface area (Å²) in [5.41, 5.74) is 2.46. The quantitative estimate of drug-likeness (QED) is 0.523. The second kappa shape index (κ2) is 6.66. The normalized spacial score (nSPS) is 11.2. The summed E-state index contributed by atoms with van der Waals surface area (Å²) in [5, 5.41) is 12.6. The number of halogens is 1. The van der Waals surface area contributed by atoms with E-state index in [-0.39, 0.29) is 12.4 Å². The number of aromatic amines is 1. The topological polar surface area (TPSA) is 85.2 Å². The number of pyridine rings is 2. The lowest BCUT2D eigenvalue weighted by atomic mass is 10.2. The molecule has 1 N–H and O–H groups in total.